The van der Waals surface area contributed by atoms with E-state index in [-0.39, 0.29) is 17.5 Å². The van der Waals surface area contributed by atoms with Crippen LogP contribution in [0.1, 0.15) is 74.7 Å². The van der Waals surface area contributed by atoms with Crippen molar-refractivity contribution in [2.45, 2.75) is 58.5 Å². The number of nitrogens with zero attached hydrogens (tertiary/aromatic N) is 2. The van der Waals surface area contributed by atoms with Crippen molar-refractivity contribution in [1.82, 2.24) is 15.1 Å². The molecule has 3 rings (SSSR count). The SMILES string of the molecule is CC(C)c1cc(C(=O)NC2CCOc3ccc(Br)cc32)nn1C(C)(C)C. The number of fused-ring (bicyclic) bond motifs is 1. The van der Waals surface area contributed by atoms with Gasteiger partial charge < -0.3 is 10.1 Å². The summed E-state index contributed by atoms with van der Waals surface area (Å²) < 4.78 is 8.64. The molecule has 1 N–H and O–H groups in total. The number of nitrogens with one attached hydrogen (secondary N) is 1. The second kappa shape index (κ2) is 7.06. The first kappa shape index (κ1) is 19.0. The second-order valence-electron chi connectivity index (χ2n) is 8.04. The van der Waals surface area contributed by atoms with Gasteiger partial charge >= 0.3 is 0 Å². The molecule has 0 saturated carbocycles. The van der Waals surface area contributed by atoms with Gasteiger partial charge in [0.15, 0.2) is 0 Å². The maximum atomic E-state index is 12.9. The van der Waals surface area contributed by atoms with Gasteiger partial charge in [0.2, 0.25) is 0 Å². The molecule has 1 aromatic carbocycles. The summed E-state index contributed by atoms with van der Waals surface area (Å²) in [7, 11) is 0. The first-order chi connectivity index (χ1) is 12.2. The number of carbonyl (C=O) groups is 1. The lowest BCUT2D eigenvalue weighted by Gasteiger charge is -2.26. The summed E-state index contributed by atoms with van der Waals surface area (Å²) in [6.07, 6.45) is 0.742. The van der Waals surface area contributed by atoms with Gasteiger partial charge in [-0.25, -0.2) is 0 Å². The van der Waals surface area contributed by atoms with E-state index in [1.165, 1.54) is 0 Å². The molecule has 0 aliphatic carbocycles. The van der Waals surface area contributed by atoms with E-state index in [2.05, 4.69) is 61.0 Å². The Morgan fingerprint density at radius 2 is 2.08 bits per heavy atom. The molecule has 1 aliphatic heterocycles. The van der Waals surface area contributed by atoms with Crippen LogP contribution < -0.4 is 10.1 Å². The highest BCUT2D eigenvalue weighted by Gasteiger charge is 2.27. The Kier molecular flexibility index (Phi) is 5.15. The maximum Gasteiger partial charge on any atom is 0.272 e. The molecular weight excluding hydrogens is 394 g/mol. The summed E-state index contributed by atoms with van der Waals surface area (Å²) in [5.41, 5.74) is 2.36. The predicted octanol–water partition coefficient (Wildman–Crippen LogP) is 4.78. The van der Waals surface area contributed by atoms with E-state index in [9.17, 15) is 4.79 Å². The molecule has 0 saturated heterocycles. The van der Waals surface area contributed by atoms with Gasteiger partial charge in [0.25, 0.3) is 5.91 Å². The summed E-state index contributed by atoms with van der Waals surface area (Å²) in [5.74, 6) is 0.976. The summed E-state index contributed by atoms with van der Waals surface area (Å²) in [6, 6.07) is 7.72. The Labute approximate surface area is 163 Å². The van der Waals surface area contributed by atoms with Crippen LogP contribution in [0.3, 0.4) is 0 Å². The van der Waals surface area contributed by atoms with Gasteiger partial charge in [-0.05, 0) is 51.0 Å². The van der Waals surface area contributed by atoms with Crippen molar-refractivity contribution < 1.29 is 9.53 Å². The van der Waals surface area contributed by atoms with Gasteiger partial charge in [0, 0.05) is 22.2 Å². The van der Waals surface area contributed by atoms with Crippen LogP contribution in [0.15, 0.2) is 28.7 Å². The van der Waals surface area contributed by atoms with Crippen molar-refractivity contribution in [1.29, 1.82) is 0 Å². The molecule has 0 bridgehead atoms. The number of hydrogen-bond acceptors (Lipinski definition) is 3. The third kappa shape index (κ3) is 3.80. The summed E-state index contributed by atoms with van der Waals surface area (Å²) in [5, 5.41) is 7.74. The van der Waals surface area contributed by atoms with Crippen LogP contribution in [0.2, 0.25) is 0 Å². The largest absolute Gasteiger partial charge is 0.493 e. The van der Waals surface area contributed by atoms with Gasteiger partial charge in [-0.2, -0.15) is 5.10 Å². The Balaban J connectivity index is 1.87. The zero-order valence-corrected chi connectivity index (χ0v) is 17.6. The van der Waals surface area contributed by atoms with Crippen molar-refractivity contribution in [3.8, 4) is 5.75 Å². The predicted molar refractivity (Wildman–Crippen MR) is 106 cm³/mol. The molecular formula is C20H26BrN3O2. The van der Waals surface area contributed by atoms with Crippen molar-refractivity contribution in [3.63, 3.8) is 0 Å². The minimum atomic E-state index is -0.172. The Morgan fingerprint density at radius 1 is 1.35 bits per heavy atom. The van der Waals surface area contributed by atoms with Gasteiger partial charge in [-0.15, -0.1) is 0 Å². The Hall–Kier alpha value is -1.82. The fourth-order valence-electron chi connectivity index (χ4n) is 3.20. The van der Waals surface area contributed by atoms with Crippen molar-refractivity contribution in [3.05, 3.63) is 45.7 Å². The molecule has 5 nitrogen and oxygen atoms in total. The lowest BCUT2D eigenvalue weighted by atomic mass is 10.0. The third-order valence-electron chi connectivity index (χ3n) is 4.51. The van der Waals surface area contributed by atoms with Crippen LogP contribution in [-0.2, 0) is 5.54 Å². The zero-order chi connectivity index (χ0) is 19.1. The van der Waals surface area contributed by atoms with Gasteiger partial charge in [0.1, 0.15) is 11.4 Å². The number of benzene rings is 1. The molecule has 1 amide bonds. The molecule has 2 aromatic rings. The van der Waals surface area contributed by atoms with Crippen LogP contribution in [0.4, 0.5) is 0 Å². The normalized spacial score (nSPS) is 17.0. The summed E-state index contributed by atoms with van der Waals surface area (Å²) in [4.78, 5) is 12.9. The van der Waals surface area contributed by atoms with Crippen molar-refractivity contribution in [2.75, 3.05) is 6.61 Å². The van der Waals surface area contributed by atoms with E-state index in [1.54, 1.807) is 0 Å². The molecule has 140 valence electrons. The smallest absolute Gasteiger partial charge is 0.272 e. The quantitative estimate of drug-likeness (QED) is 0.778. The molecule has 6 heteroatoms. The fraction of sp³-hybridized carbons (Fsp3) is 0.500. The number of hydrogen-bond donors (Lipinski definition) is 1. The van der Waals surface area contributed by atoms with E-state index >= 15 is 0 Å². The molecule has 0 radical (unpaired) electrons. The first-order valence-corrected chi connectivity index (χ1v) is 9.79. The standard InChI is InChI=1S/C20H26BrN3O2/c1-12(2)17-11-16(23-24(17)20(3,4)5)19(25)22-15-8-9-26-18-7-6-13(21)10-14(15)18/h6-7,10-12,15H,8-9H2,1-5H3,(H,22,25). The van der Waals surface area contributed by atoms with Crippen LogP contribution in [0.25, 0.3) is 0 Å². The molecule has 1 aromatic heterocycles. The Morgan fingerprint density at radius 3 is 2.69 bits per heavy atom. The minimum Gasteiger partial charge on any atom is -0.493 e. The number of ether oxygens (including phenoxy) is 1. The molecule has 1 aliphatic rings. The topological polar surface area (TPSA) is 56.1 Å². The first-order valence-electron chi connectivity index (χ1n) is 9.00. The molecule has 1 unspecified atom stereocenters. The van der Waals surface area contributed by atoms with Crippen LogP contribution in [-0.4, -0.2) is 22.3 Å². The highest BCUT2D eigenvalue weighted by atomic mass is 79.9. The maximum absolute atomic E-state index is 12.9. The van der Waals surface area contributed by atoms with Crippen molar-refractivity contribution in [2.24, 2.45) is 0 Å². The van der Waals surface area contributed by atoms with E-state index in [0.29, 0.717) is 18.2 Å². The van der Waals surface area contributed by atoms with Gasteiger partial charge in [0.05, 0.1) is 18.2 Å². The number of aromatic nitrogens is 2. The third-order valence-corrected chi connectivity index (χ3v) is 5.01. The lowest BCUT2D eigenvalue weighted by Crippen LogP contribution is -2.33. The highest BCUT2D eigenvalue weighted by molar-refractivity contribution is 9.10. The minimum absolute atomic E-state index is 0.0777. The van der Waals surface area contributed by atoms with E-state index in [0.717, 1.165) is 27.9 Å². The number of rotatable bonds is 3. The van der Waals surface area contributed by atoms with Gasteiger partial charge in [-0.1, -0.05) is 29.8 Å². The highest BCUT2D eigenvalue weighted by Crippen LogP contribution is 2.34. The molecule has 0 spiro atoms. The number of amides is 1. The Bertz CT molecular complexity index is 821. The fourth-order valence-corrected chi connectivity index (χ4v) is 3.58. The molecule has 1 atom stereocenters. The van der Waals surface area contributed by atoms with E-state index in [4.69, 9.17) is 4.74 Å². The second-order valence-corrected chi connectivity index (χ2v) is 8.95. The molecule has 26 heavy (non-hydrogen) atoms. The van der Waals surface area contributed by atoms with E-state index in [1.807, 2.05) is 28.9 Å². The monoisotopic (exact) mass is 419 g/mol. The zero-order valence-electron chi connectivity index (χ0n) is 16.0. The van der Waals surface area contributed by atoms with E-state index < -0.39 is 0 Å². The number of carbonyl (C=O) groups excluding carboxylic acids is 1. The summed E-state index contributed by atoms with van der Waals surface area (Å²) >= 11 is 3.50. The average molecular weight is 420 g/mol. The number of halogens is 1. The van der Waals surface area contributed by atoms with Gasteiger partial charge in [-0.3, -0.25) is 9.48 Å². The summed E-state index contributed by atoms with van der Waals surface area (Å²) in [6.45, 7) is 11.1. The average Bonchev–Trinajstić information content (AvgIpc) is 3.01. The van der Waals surface area contributed by atoms with Crippen LogP contribution >= 0.6 is 15.9 Å². The van der Waals surface area contributed by atoms with Crippen LogP contribution in [0, 0.1) is 0 Å². The van der Waals surface area contributed by atoms with Crippen molar-refractivity contribution >= 4 is 21.8 Å². The van der Waals surface area contributed by atoms with Crippen LogP contribution in [0.5, 0.6) is 5.75 Å². The molecule has 0 fully saturated rings. The lowest BCUT2D eigenvalue weighted by molar-refractivity contribution is 0.0918. The molecule has 2 heterocycles.